The summed E-state index contributed by atoms with van der Waals surface area (Å²) in [6.07, 6.45) is 0.298. The van der Waals surface area contributed by atoms with Crippen molar-refractivity contribution in [2.45, 2.75) is 26.3 Å². The largest absolute Gasteiger partial charge is 0.356 e. The molecule has 0 fully saturated rings. The quantitative estimate of drug-likeness (QED) is 0.515. The first-order chi connectivity index (χ1) is 6.07. The maximum absolute atomic E-state index is 10.9. The standard InChI is InChI=1S/C8H17N3O2/c1-3-10-7(12)4-5-11-8(13)6(2)9/h6H,3-5,9H2,1-2H3,(H,10,12)(H,11,13)/t6-/m0/s1. The molecule has 0 aliphatic heterocycles. The molecule has 1 atom stereocenters. The van der Waals surface area contributed by atoms with Crippen LogP contribution in [0.3, 0.4) is 0 Å². The molecule has 76 valence electrons. The zero-order chi connectivity index (χ0) is 10.3. The van der Waals surface area contributed by atoms with Crippen LogP contribution < -0.4 is 16.4 Å². The zero-order valence-corrected chi connectivity index (χ0v) is 8.09. The van der Waals surface area contributed by atoms with E-state index in [2.05, 4.69) is 10.6 Å². The van der Waals surface area contributed by atoms with Gasteiger partial charge in [-0.2, -0.15) is 0 Å². The molecule has 0 aromatic carbocycles. The van der Waals surface area contributed by atoms with Gasteiger partial charge in [0.2, 0.25) is 11.8 Å². The van der Waals surface area contributed by atoms with Crippen LogP contribution in [-0.2, 0) is 9.59 Å². The fourth-order valence-corrected chi connectivity index (χ4v) is 0.746. The summed E-state index contributed by atoms with van der Waals surface area (Å²) in [5, 5.41) is 5.17. The van der Waals surface area contributed by atoms with Crippen LogP contribution in [0.25, 0.3) is 0 Å². The second-order valence-electron chi connectivity index (χ2n) is 2.78. The van der Waals surface area contributed by atoms with E-state index in [1.807, 2.05) is 6.92 Å². The number of carbonyl (C=O) groups is 2. The lowest BCUT2D eigenvalue weighted by molar-refractivity contribution is -0.122. The molecular formula is C8H17N3O2. The number of nitrogens with one attached hydrogen (secondary N) is 2. The maximum atomic E-state index is 10.9. The first kappa shape index (κ1) is 11.9. The lowest BCUT2D eigenvalue weighted by Gasteiger charge is -2.06. The van der Waals surface area contributed by atoms with E-state index in [0.29, 0.717) is 19.5 Å². The molecule has 0 bridgehead atoms. The number of hydrogen-bond donors (Lipinski definition) is 3. The first-order valence-corrected chi connectivity index (χ1v) is 4.38. The smallest absolute Gasteiger partial charge is 0.236 e. The van der Waals surface area contributed by atoms with Gasteiger partial charge in [-0.25, -0.2) is 0 Å². The van der Waals surface area contributed by atoms with E-state index < -0.39 is 6.04 Å². The Morgan fingerprint density at radius 3 is 2.46 bits per heavy atom. The van der Waals surface area contributed by atoms with Crippen molar-refractivity contribution in [3.05, 3.63) is 0 Å². The Labute approximate surface area is 78.1 Å². The van der Waals surface area contributed by atoms with E-state index >= 15 is 0 Å². The third kappa shape index (κ3) is 6.10. The fraction of sp³-hybridized carbons (Fsp3) is 0.750. The summed E-state index contributed by atoms with van der Waals surface area (Å²) >= 11 is 0. The van der Waals surface area contributed by atoms with Gasteiger partial charge >= 0.3 is 0 Å². The minimum absolute atomic E-state index is 0.0625. The van der Waals surface area contributed by atoms with Crippen LogP contribution in [0.1, 0.15) is 20.3 Å². The van der Waals surface area contributed by atoms with Crippen LogP contribution in [0.15, 0.2) is 0 Å². The predicted octanol–water partition coefficient (Wildman–Crippen LogP) is -1.02. The molecule has 5 heteroatoms. The van der Waals surface area contributed by atoms with Gasteiger partial charge in [-0.05, 0) is 13.8 Å². The molecule has 0 heterocycles. The normalized spacial score (nSPS) is 11.9. The summed E-state index contributed by atoms with van der Waals surface area (Å²) in [7, 11) is 0. The van der Waals surface area contributed by atoms with Crippen molar-refractivity contribution in [1.82, 2.24) is 10.6 Å². The highest BCUT2D eigenvalue weighted by atomic mass is 16.2. The van der Waals surface area contributed by atoms with Gasteiger partial charge < -0.3 is 16.4 Å². The van der Waals surface area contributed by atoms with Crippen LogP contribution in [0.4, 0.5) is 0 Å². The summed E-state index contributed by atoms with van der Waals surface area (Å²) in [6.45, 7) is 4.40. The minimum atomic E-state index is -0.519. The van der Waals surface area contributed by atoms with Crippen molar-refractivity contribution in [3.8, 4) is 0 Å². The van der Waals surface area contributed by atoms with E-state index in [-0.39, 0.29) is 11.8 Å². The van der Waals surface area contributed by atoms with E-state index in [0.717, 1.165) is 0 Å². The average Bonchev–Trinajstić information content (AvgIpc) is 2.04. The summed E-state index contributed by atoms with van der Waals surface area (Å²) in [6, 6.07) is -0.519. The van der Waals surface area contributed by atoms with Gasteiger partial charge in [-0.15, -0.1) is 0 Å². The number of nitrogens with two attached hydrogens (primary N) is 1. The Morgan fingerprint density at radius 2 is 2.00 bits per heavy atom. The minimum Gasteiger partial charge on any atom is -0.356 e. The Morgan fingerprint density at radius 1 is 1.38 bits per heavy atom. The Hall–Kier alpha value is -1.10. The Balaban J connectivity index is 3.45. The summed E-state index contributed by atoms with van der Waals surface area (Å²) in [4.78, 5) is 21.8. The summed E-state index contributed by atoms with van der Waals surface area (Å²) in [5.74, 6) is -0.295. The molecule has 0 unspecified atom stereocenters. The van der Waals surface area contributed by atoms with Crippen LogP contribution in [0.5, 0.6) is 0 Å². The topological polar surface area (TPSA) is 84.2 Å². The lowest BCUT2D eigenvalue weighted by Crippen LogP contribution is -2.40. The van der Waals surface area contributed by atoms with Gasteiger partial charge in [-0.1, -0.05) is 0 Å². The molecule has 0 radical (unpaired) electrons. The third-order valence-electron chi connectivity index (χ3n) is 1.44. The van der Waals surface area contributed by atoms with Crippen molar-refractivity contribution >= 4 is 11.8 Å². The number of hydrogen-bond acceptors (Lipinski definition) is 3. The molecule has 0 aliphatic rings. The zero-order valence-electron chi connectivity index (χ0n) is 8.09. The lowest BCUT2D eigenvalue weighted by atomic mass is 10.3. The van der Waals surface area contributed by atoms with Crippen molar-refractivity contribution in [2.75, 3.05) is 13.1 Å². The molecule has 0 saturated heterocycles. The van der Waals surface area contributed by atoms with Gasteiger partial charge in [0.1, 0.15) is 0 Å². The van der Waals surface area contributed by atoms with Gasteiger partial charge in [0.15, 0.2) is 0 Å². The monoisotopic (exact) mass is 187 g/mol. The molecule has 0 saturated carbocycles. The summed E-state index contributed by atoms with van der Waals surface area (Å²) < 4.78 is 0. The molecule has 2 amide bonds. The Bertz CT molecular complexity index is 180. The van der Waals surface area contributed by atoms with Crippen LogP contribution >= 0.6 is 0 Å². The molecule has 0 aromatic heterocycles. The molecule has 0 aliphatic carbocycles. The highest BCUT2D eigenvalue weighted by molar-refractivity contribution is 5.82. The Kier molecular flexibility index (Phi) is 5.88. The van der Waals surface area contributed by atoms with E-state index in [4.69, 9.17) is 5.73 Å². The highest BCUT2D eigenvalue weighted by Gasteiger charge is 2.06. The number of rotatable bonds is 5. The van der Waals surface area contributed by atoms with Crippen molar-refractivity contribution in [1.29, 1.82) is 0 Å². The SMILES string of the molecule is CCNC(=O)CCNC(=O)[C@H](C)N. The second-order valence-corrected chi connectivity index (χ2v) is 2.78. The van der Waals surface area contributed by atoms with E-state index in [1.165, 1.54) is 0 Å². The van der Waals surface area contributed by atoms with Crippen molar-refractivity contribution in [2.24, 2.45) is 5.73 Å². The molecule has 5 nitrogen and oxygen atoms in total. The average molecular weight is 187 g/mol. The summed E-state index contributed by atoms with van der Waals surface area (Å²) in [5.41, 5.74) is 5.30. The van der Waals surface area contributed by atoms with Gasteiger partial charge in [0.05, 0.1) is 6.04 Å². The molecule has 4 N–H and O–H groups in total. The van der Waals surface area contributed by atoms with E-state index in [1.54, 1.807) is 6.92 Å². The number of carbonyl (C=O) groups excluding carboxylic acids is 2. The first-order valence-electron chi connectivity index (χ1n) is 4.38. The van der Waals surface area contributed by atoms with Crippen LogP contribution in [-0.4, -0.2) is 30.9 Å². The number of amides is 2. The van der Waals surface area contributed by atoms with Gasteiger partial charge in [0, 0.05) is 19.5 Å². The van der Waals surface area contributed by atoms with Crippen molar-refractivity contribution < 1.29 is 9.59 Å². The predicted molar refractivity (Wildman–Crippen MR) is 50.0 cm³/mol. The van der Waals surface area contributed by atoms with Gasteiger partial charge in [-0.3, -0.25) is 9.59 Å². The van der Waals surface area contributed by atoms with Crippen LogP contribution in [0.2, 0.25) is 0 Å². The van der Waals surface area contributed by atoms with Gasteiger partial charge in [0.25, 0.3) is 0 Å². The molecule has 0 spiro atoms. The fourth-order valence-electron chi connectivity index (χ4n) is 0.746. The molecule has 0 rings (SSSR count). The molecular weight excluding hydrogens is 170 g/mol. The highest BCUT2D eigenvalue weighted by Crippen LogP contribution is 1.79. The second kappa shape index (κ2) is 6.42. The van der Waals surface area contributed by atoms with Crippen LogP contribution in [0, 0.1) is 0 Å². The third-order valence-corrected chi connectivity index (χ3v) is 1.44. The van der Waals surface area contributed by atoms with Crippen molar-refractivity contribution in [3.63, 3.8) is 0 Å². The van der Waals surface area contributed by atoms with E-state index in [9.17, 15) is 9.59 Å². The molecule has 13 heavy (non-hydrogen) atoms. The maximum Gasteiger partial charge on any atom is 0.236 e. The molecule has 0 aromatic rings.